The number of hydrogen-bond donors (Lipinski definition) is 2. The fourth-order valence-electron chi connectivity index (χ4n) is 2.17. The maximum atomic E-state index is 12.3. The molecule has 1 amide bonds. The van der Waals surface area contributed by atoms with Gasteiger partial charge in [-0.15, -0.1) is 0 Å². The topological polar surface area (TPSA) is 67.2 Å². The second-order valence-electron chi connectivity index (χ2n) is 5.15. The Kier molecular flexibility index (Phi) is 5.11. The van der Waals surface area contributed by atoms with E-state index in [1.165, 1.54) is 0 Å². The average Bonchev–Trinajstić information content (AvgIpc) is 2.88. The smallest absolute Gasteiger partial charge is 0.254 e. The van der Waals surface area contributed by atoms with Crippen LogP contribution < -0.4 is 5.32 Å². The minimum Gasteiger partial charge on any atom is -0.396 e. The number of benzene rings is 1. The number of nitrogens with one attached hydrogen (secondary N) is 1. The summed E-state index contributed by atoms with van der Waals surface area (Å²) in [6, 6.07) is 9.72. The predicted molar refractivity (Wildman–Crippen MR) is 81.5 cm³/mol. The Morgan fingerprint density at radius 3 is 2.76 bits per heavy atom. The molecular formula is C16H21N3O2. The van der Waals surface area contributed by atoms with Crippen molar-refractivity contribution in [2.24, 2.45) is 0 Å². The highest BCUT2D eigenvalue weighted by Gasteiger charge is 2.15. The van der Waals surface area contributed by atoms with E-state index >= 15 is 0 Å². The van der Waals surface area contributed by atoms with E-state index in [1.54, 1.807) is 10.9 Å². The Morgan fingerprint density at radius 2 is 2.10 bits per heavy atom. The molecule has 0 aliphatic heterocycles. The summed E-state index contributed by atoms with van der Waals surface area (Å²) in [5, 5.41) is 16.1. The molecule has 0 aliphatic rings. The zero-order chi connectivity index (χ0) is 15.2. The van der Waals surface area contributed by atoms with Gasteiger partial charge in [0.05, 0.1) is 16.9 Å². The van der Waals surface area contributed by atoms with Gasteiger partial charge in [-0.3, -0.25) is 4.79 Å². The summed E-state index contributed by atoms with van der Waals surface area (Å²) in [6.45, 7) is 3.91. The van der Waals surface area contributed by atoms with Crippen molar-refractivity contribution in [2.45, 2.75) is 32.7 Å². The normalized spacial score (nSPS) is 12.1. The van der Waals surface area contributed by atoms with Crippen LogP contribution in [0, 0.1) is 6.92 Å². The van der Waals surface area contributed by atoms with E-state index in [4.69, 9.17) is 5.11 Å². The van der Waals surface area contributed by atoms with Crippen molar-refractivity contribution in [2.75, 3.05) is 6.61 Å². The number of aliphatic hydroxyl groups excluding tert-OH is 1. The van der Waals surface area contributed by atoms with Gasteiger partial charge in [-0.05, 0) is 38.8 Å². The largest absolute Gasteiger partial charge is 0.396 e. The molecule has 1 atom stereocenters. The van der Waals surface area contributed by atoms with Crippen LogP contribution >= 0.6 is 0 Å². The summed E-state index contributed by atoms with van der Waals surface area (Å²) >= 11 is 0. The van der Waals surface area contributed by atoms with Gasteiger partial charge in [-0.25, -0.2) is 4.68 Å². The summed E-state index contributed by atoms with van der Waals surface area (Å²) < 4.78 is 1.71. The third-order valence-corrected chi connectivity index (χ3v) is 3.34. The van der Waals surface area contributed by atoms with Gasteiger partial charge in [0, 0.05) is 18.8 Å². The fourth-order valence-corrected chi connectivity index (χ4v) is 2.17. The van der Waals surface area contributed by atoms with Gasteiger partial charge >= 0.3 is 0 Å². The number of aromatic nitrogens is 2. The van der Waals surface area contributed by atoms with Crippen LogP contribution in [0.5, 0.6) is 0 Å². The van der Waals surface area contributed by atoms with Crippen LogP contribution in [0.2, 0.25) is 0 Å². The lowest BCUT2D eigenvalue weighted by Gasteiger charge is -2.12. The molecule has 2 rings (SSSR count). The quantitative estimate of drug-likeness (QED) is 0.854. The monoisotopic (exact) mass is 287 g/mol. The number of nitrogens with zero attached hydrogens (tertiary/aromatic N) is 2. The summed E-state index contributed by atoms with van der Waals surface area (Å²) in [5.74, 6) is -0.125. The highest BCUT2D eigenvalue weighted by atomic mass is 16.3. The molecule has 0 bridgehead atoms. The zero-order valence-electron chi connectivity index (χ0n) is 12.4. The van der Waals surface area contributed by atoms with Crippen LogP contribution in [-0.2, 0) is 0 Å². The van der Waals surface area contributed by atoms with Crippen molar-refractivity contribution in [1.29, 1.82) is 0 Å². The SMILES string of the molecule is Cc1nn(-c2ccccc2)cc1C(=O)NC(C)CCCO. The molecule has 0 spiro atoms. The number of aryl methyl sites for hydroxylation is 1. The minimum absolute atomic E-state index is 0.0316. The maximum absolute atomic E-state index is 12.3. The van der Waals surface area contributed by atoms with Crippen LogP contribution in [0.15, 0.2) is 36.5 Å². The van der Waals surface area contributed by atoms with Gasteiger partial charge in [0.25, 0.3) is 5.91 Å². The van der Waals surface area contributed by atoms with Gasteiger partial charge in [0.1, 0.15) is 0 Å². The second-order valence-corrected chi connectivity index (χ2v) is 5.15. The summed E-state index contributed by atoms with van der Waals surface area (Å²) in [5.41, 5.74) is 2.20. The van der Waals surface area contributed by atoms with Crippen molar-refractivity contribution in [1.82, 2.24) is 15.1 Å². The first-order valence-corrected chi connectivity index (χ1v) is 7.15. The van der Waals surface area contributed by atoms with Crippen molar-refractivity contribution >= 4 is 5.91 Å². The molecule has 2 N–H and O–H groups in total. The van der Waals surface area contributed by atoms with Crippen molar-refractivity contribution in [3.8, 4) is 5.69 Å². The lowest BCUT2D eigenvalue weighted by atomic mass is 10.1. The Bertz CT molecular complexity index is 593. The first-order valence-electron chi connectivity index (χ1n) is 7.15. The van der Waals surface area contributed by atoms with E-state index in [9.17, 15) is 4.79 Å². The first kappa shape index (κ1) is 15.3. The van der Waals surface area contributed by atoms with Gasteiger partial charge in [0.2, 0.25) is 0 Å². The van der Waals surface area contributed by atoms with Crippen molar-refractivity contribution in [3.63, 3.8) is 0 Å². The molecule has 1 heterocycles. The van der Waals surface area contributed by atoms with Crippen LogP contribution in [0.3, 0.4) is 0 Å². The molecule has 2 aromatic rings. The Balaban J connectivity index is 2.10. The first-order chi connectivity index (χ1) is 10.1. The van der Waals surface area contributed by atoms with Gasteiger partial charge in [-0.2, -0.15) is 5.10 Å². The number of carbonyl (C=O) groups is 1. The average molecular weight is 287 g/mol. The van der Waals surface area contributed by atoms with Gasteiger partial charge in [0.15, 0.2) is 0 Å². The lowest BCUT2D eigenvalue weighted by Crippen LogP contribution is -2.32. The number of aliphatic hydroxyl groups is 1. The molecule has 21 heavy (non-hydrogen) atoms. The lowest BCUT2D eigenvalue weighted by molar-refractivity contribution is 0.0936. The van der Waals surface area contributed by atoms with Crippen LogP contribution in [0.25, 0.3) is 5.69 Å². The highest BCUT2D eigenvalue weighted by Crippen LogP contribution is 2.12. The molecule has 5 heteroatoms. The van der Waals surface area contributed by atoms with E-state index in [0.29, 0.717) is 17.7 Å². The Labute approximate surface area is 124 Å². The number of hydrogen-bond acceptors (Lipinski definition) is 3. The van der Waals surface area contributed by atoms with E-state index in [2.05, 4.69) is 10.4 Å². The fraction of sp³-hybridized carbons (Fsp3) is 0.375. The van der Waals surface area contributed by atoms with Crippen LogP contribution in [0.1, 0.15) is 35.8 Å². The van der Waals surface area contributed by atoms with E-state index < -0.39 is 0 Å². The van der Waals surface area contributed by atoms with Gasteiger partial charge in [-0.1, -0.05) is 18.2 Å². The maximum Gasteiger partial charge on any atom is 0.254 e. The summed E-state index contributed by atoms with van der Waals surface area (Å²) in [7, 11) is 0. The standard InChI is InChI=1S/C16H21N3O2/c1-12(7-6-10-20)17-16(21)15-11-19(18-13(15)2)14-8-4-3-5-9-14/h3-5,8-9,11-12,20H,6-7,10H2,1-2H3,(H,17,21). The summed E-state index contributed by atoms with van der Waals surface area (Å²) in [4.78, 5) is 12.3. The predicted octanol–water partition coefficient (Wildman–Crippen LogP) is 2.07. The van der Waals surface area contributed by atoms with E-state index in [-0.39, 0.29) is 18.6 Å². The molecule has 0 saturated heterocycles. The molecular weight excluding hydrogens is 266 g/mol. The number of amides is 1. The highest BCUT2D eigenvalue weighted by molar-refractivity contribution is 5.95. The van der Waals surface area contributed by atoms with E-state index in [1.807, 2.05) is 44.2 Å². The molecule has 1 aromatic heterocycles. The second kappa shape index (κ2) is 7.04. The number of carbonyl (C=O) groups excluding carboxylic acids is 1. The molecule has 112 valence electrons. The number of para-hydroxylation sites is 1. The molecule has 0 aliphatic carbocycles. The molecule has 0 fully saturated rings. The molecule has 0 saturated carbocycles. The summed E-state index contributed by atoms with van der Waals surface area (Å²) in [6.07, 6.45) is 3.19. The number of rotatable bonds is 6. The minimum atomic E-state index is -0.125. The molecule has 1 aromatic carbocycles. The van der Waals surface area contributed by atoms with E-state index in [0.717, 1.165) is 12.1 Å². The van der Waals surface area contributed by atoms with Crippen LogP contribution in [0.4, 0.5) is 0 Å². The van der Waals surface area contributed by atoms with Crippen molar-refractivity contribution in [3.05, 3.63) is 47.8 Å². The molecule has 1 unspecified atom stereocenters. The van der Waals surface area contributed by atoms with Gasteiger partial charge < -0.3 is 10.4 Å². The molecule has 5 nitrogen and oxygen atoms in total. The third-order valence-electron chi connectivity index (χ3n) is 3.34. The zero-order valence-corrected chi connectivity index (χ0v) is 12.4. The van der Waals surface area contributed by atoms with Crippen molar-refractivity contribution < 1.29 is 9.90 Å². The Hall–Kier alpha value is -2.14. The Morgan fingerprint density at radius 1 is 1.38 bits per heavy atom. The third kappa shape index (κ3) is 3.92. The van der Waals surface area contributed by atoms with Crippen LogP contribution in [-0.4, -0.2) is 33.4 Å². The molecule has 0 radical (unpaired) electrons.